The molecule has 9 heteroatoms. The maximum Gasteiger partial charge on any atom is 0.416 e. The number of carbonyl (C=O) groups is 1. The van der Waals surface area contributed by atoms with Crippen LogP contribution in [0.15, 0.2) is 47.8 Å². The van der Waals surface area contributed by atoms with Crippen LogP contribution < -0.4 is 5.32 Å². The highest BCUT2D eigenvalue weighted by molar-refractivity contribution is 7.13. The average molecular weight is 426 g/mol. The number of thiazole rings is 1. The first-order valence-corrected chi connectivity index (χ1v) is 9.38. The Morgan fingerprint density at radius 3 is 2.41 bits per heavy atom. The standard InChI is InChI=1S/C20H15F5N2OS/c1-11(13-4-7-16(21)17(22)8-13)26-18(28)9-15-10-29-19(27-15)12-2-5-14(6-3-12)20(23,24)25/h2-8,10-11H,9H2,1H3,(H,26,28). The maximum absolute atomic E-state index is 13.3. The first-order chi connectivity index (χ1) is 13.6. The minimum Gasteiger partial charge on any atom is -0.349 e. The van der Waals surface area contributed by atoms with E-state index in [4.69, 9.17) is 0 Å². The normalized spacial score (nSPS) is 12.6. The van der Waals surface area contributed by atoms with Gasteiger partial charge in [-0.3, -0.25) is 4.79 Å². The van der Waals surface area contributed by atoms with Crippen molar-refractivity contribution in [1.29, 1.82) is 0 Å². The third-order valence-electron chi connectivity index (χ3n) is 4.17. The van der Waals surface area contributed by atoms with Crippen molar-refractivity contribution in [2.45, 2.75) is 25.6 Å². The Balaban J connectivity index is 1.63. The fourth-order valence-corrected chi connectivity index (χ4v) is 3.47. The van der Waals surface area contributed by atoms with Crippen molar-refractivity contribution in [3.63, 3.8) is 0 Å². The summed E-state index contributed by atoms with van der Waals surface area (Å²) in [6.45, 7) is 1.64. The first kappa shape index (κ1) is 20.9. The summed E-state index contributed by atoms with van der Waals surface area (Å²) in [7, 11) is 0. The van der Waals surface area contributed by atoms with E-state index in [0.717, 1.165) is 24.3 Å². The molecule has 1 N–H and O–H groups in total. The lowest BCUT2D eigenvalue weighted by Gasteiger charge is -2.14. The lowest BCUT2D eigenvalue weighted by molar-refractivity contribution is -0.137. The molecule has 0 spiro atoms. The number of carbonyl (C=O) groups excluding carboxylic acids is 1. The van der Waals surface area contributed by atoms with E-state index in [1.807, 2.05) is 0 Å². The van der Waals surface area contributed by atoms with Crippen LogP contribution in [-0.4, -0.2) is 10.9 Å². The summed E-state index contributed by atoms with van der Waals surface area (Å²) in [5.41, 5.74) is 0.647. The van der Waals surface area contributed by atoms with E-state index in [0.29, 0.717) is 21.8 Å². The quantitative estimate of drug-likeness (QED) is 0.546. The fourth-order valence-electron chi connectivity index (χ4n) is 2.64. The maximum atomic E-state index is 13.3. The molecule has 0 aliphatic heterocycles. The summed E-state index contributed by atoms with van der Waals surface area (Å²) in [6, 6.07) is 7.47. The highest BCUT2D eigenvalue weighted by atomic mass is 32.1. The summed E-state index contributed by atoms with van der Waals surface area (Å²) in [4.78, 5) is 16.5. The second-order valence-electron chi connectivity index (χ2n) is 6.36. The topological polar surface area (TPSA) is 42.0 Å². The number of alkyl halides is 3. The lowest BCUT2D eigenvalue weighted by Crippen LogP contribution is -2.28. The molecule has 0 bridgehead atoms. The molecule has 0 fully saturated rings. The van der Waals surface area contributed by atoms with Crippen molar-refractivity contribution in [2.75, 3.05) is 0 Å². The molecular formula is C20H15F5N2OS. The largest absolute Gasteiger partial charge is 0.416 e. The predicted octanol–water partition coefficient (Wildman–Crippen LogP) is 5.53. The summed E-state index contributed by atoms with van der Waals surface area (Å²) in [6.07, 6.45) is -4.46. The number of amides is 1. The summed E-state index contributed by atoms with van der Waals surface area (Å²) < 4.78 is 64.3. The van der Waals surface area contributed by atoms with Gasteiger partial charge in [0.1, 0.15) is 5.01 Å². The van der Waals surface area contributed by atoms with Crippen molar-refractivity contribution in [3.8, 4) is 10.6 Å². The second kappa shape index (κ2) is 8.28. The number of hydrogen-bond donors (Lipinski definition) is 1. The Labute approximate surface area is 167 Å². The molecule has 29 heavy (non-hydrogen) atoms. The van der Waals surface area contributed by atoms with Gasteiger partial charge in [0.15, 0.2) is 11.6 Å². The molecule has 3 rings (SSSR count). The molecule has 0 saturated carbocycles. The van der Waals surface area contributed by atoms with Gasteiger partial charge in [-0.15, -0.1) is 11.3 Å². The first-order valence-electron chi connectivity index (χ1n) is 8.50. The molecule has 0 saturated heterocycles. The minimum absolute atomic E-state index is 0.0504. The molecule has 0 aliphatic carbocycles. The van der Waals surface area contributed by atoms with Gasteiger partial charge in [-0.25, -0.2) is 13.8 Å². The van der Waals surface area contributed by atoms with Gasteiger partial charge in [-0.1, -0.05) is 18.2 Å². The van der Waals surface area contributed by atoms with Crippen LogP contribution in [0.5, 0.6) is 0 Å². The van der Waals surface area contributed by atoms with Crippen molar-refractivity contribution < 1.29 is 26.7 Å². The van der Waals surface area contributed by atoms with E-state index in [-0.39, 0.29) is 12.3 Å². The number of aromatic nitrogens is 1. The summed E-state index contributed by atoms with van der Waals surface area (Å²) in [5, 5.41) is 4.82. The van der Waals surface area contributed by atoms with Crippen molar-refractivity contribution in [1.82, 2.24) is 10.3 Å². The van der Waals surface area contributed by atoms with Crippen LogP contribution in [0.3, 0.4) is 0 Å². The third kappa shape index (κ3) is 5.17. The molecule has 1 atom stereocenters. The summed E-state index contributed by atoms with van der Waals surface area (Å²) in [5.74, 6) is -2.33. The molecular weight excluding hydrogens is 411 g/mol. The fraction of sp³-hybridized carbons (Fsp3) is 0.200. The van der Waals surface area contributed by atoms with Crippen LogP contribution in [-0.2, 0) is 17.4 Å². The molecule has 1 heterocycles. The lowest BCUT2D eigenvalue weighted by atomic mass is 10.1. The van der Waals surface area contributed by atoms with Crippen LogP contribution in [0.2, 0.25) is 0 Å². The van der Waals surface area contributed by atoms with Gasteiger partial charge in [0, 0.05) is 10.9 Å². The van der Waals surface area contributed by atoms with Gasteiger partial charge < -0.3 is 5.32 Å². The Morgan fingerprint density at radius 2 is 1.79 bits per heavy atom. The van der Waals surface area contributed by atoms with Crippen LogP contribution in [0.1, 0.15) is 29.8 Å². The Bertz CT molecular complexity index is 1010. The van der Waals surface area contributed by atoms with E-state index in [2.05, 4.69) is 10.3 Å². The average Bonchev–Trinajstić information content (AvgIpc) is 3.11. The van der Waals surface area contributed by atoms with Gasteiger partial charge in [0.25, 0.3) is 0 Å². The van der Waals surface area contributed by atoms with E-state index in [1.54, 1.807) is 12.3 Å². The van der Waals surface area contributed by atoms with E-state index >= 15 is 0 Å². The Kier molecular flexibility index (Phi) is 5.97. The number of rotatable bonds is 5. The highest BCUT2D eigenvalue weighted by Gasteiger charge is 2.30. The van der Waals surface area contributed by atoms with E-state index < -0.39 is 29.4 Å². The van der Waals surface area contributed by atoms with Crippen molar-refractivity contribution in [2.24, 2.45) is 0 Å². The van der Waals surface area contributed by atoms with Crippen LogP contribution in [0, 0.1) is 11.6 Å². The number of hydrogen-bond acceptors (Lipinski definition) is 3. The Hall–Kier alpha value is -2.81. The molecule has 3 aromatic rings. The van der Waals surface area contributed by atoms with Gasteiger partial charge in [-0.2, -0.15) is 13.2 Å². The van der Waals surface area contributed by atoms with Crippen LogP contribution >= 0.6 is 11.3 Å². The highest BCUT2D eigenvalue weighted by Crippen LogP contribution is 2.31. The molecule has 152 valence electrons. The molecule has 0 radical (unpaired) electrons. The second-order valence-corrected chi connectivity index (χ2v) is 7.22. The number of nitrogens with one attached hydrogen (secondary N) is 1. The number of halogens is 5. The molecule has 2 aromatic carbocycles. The zero-order chi connectivity index (χ0) is 21.2. The monoisotopic (exact) mass is 426 g/mol. The van der Waals surface area contributed by atoms with Crippen LogP contribution in [0.4, 0.5) is 22.0 Å². The predicted molar refractivity (Wildman–Crippen MR) is 99.2 cm³/mol. The molecule has 3 nitrogen and oxygen atoms in total. The number of nitrogens with zero attached hydrogens (tertiary/aromatic N) is 1. The van der Waals surface area contributed by atoms with Crippen LogP contribution in [0.25, 0.3) is 10.6 Å². The molecule has 1 unspecified atom stereocenters. The van der Waals surface area contributed by atoms with Gasteiger partial charge in [0.2, 0.25) is 5.91 Å². The minimum atomic E-state index is -4.41. The van der Waals surface area contributed by atoms with Crippen molar-refractivity contribution in [3.05, 3.63) is 76.3 Å². The third-order valence-corrected chi connectivity index (χ3v) is 5.11. The smallest absolute Gasteiger partial charge is 0.349 e. The zero-order valence-corrected chi connectivity index (χ0v) is 15.9. The molecule has 1 aromatic heterocycles. The Morgan fingerprint density at radius 1 is 1.10 bits per heavy atom. The van der Waals surface area contributed by atoms with Gasteiger partial charge >= 0.3 is 6.18 Å². The van der Waals surface area contributed by atoms with E-state index in [1.165, 1.54) is 29.5 Å². The number of benzene rings is 2. The molecule has 1 amide bonds. The van der Waals surface area contributed by atoms with E-state index in [9.17, 15) is 26.7 Å². The van der Waals surface area contributed by atoms with Crippen molar-refractivity contribution >= 4 is 17.2 Å². The van der Waals surface area contributed by atoms with Gasteiger partial charge in [0.05, 0.1) is 23.7 Å². The SMILES string of the molecule is CC(NC(=O)Cc1csc(-c2ccc(C(F)(F)F)cc2)n1)c1ccc(F)c(F)c1. The molecule has 0 aliphatic rings. The summed E-state index contributed by atoms with van der Waals surface area (Å²) >= 11 is 1.21. The zero-order valence-electron chi connectivity index (χ0n) is 15.1. The van der Waals surface area contributed by atoms with Gasteiger partial charge in [-0.05, 0) is 36.8 Å².